The lowest BCUT2D eigenvalue weighted by molar-refractivity contribution is -0.146. The van der Waals surface area contributed by atoms with Crippen molar-refractivity contribution in [2.45, 2.75) is 19.4 Å². The van der Waals surface area contributed by atoms with Gasteiger partial charge in [-0.05, 0) is 24.5 Å². The fourth-order valence-electron chi connectivity index (χ4n) is 3.12. The van der Waals surface area contributed by atoms with Crippen molar-refractivity contribution in [3.05, 3.63) is 48.5 Å². The highest BCUT2D eigenvalue weighted by molar-refractivity contribution is 5.77. The van der Waals surface area contributed by atoms with Crippen molar-refractivity contribution < 1.29 is 14.3 Å². The van der Waals surface area contributed by atoms with Crippen LogP contribution in [0, 0.1) is 5.92 Å². The summed E-state index contributed by atoms with van der Waals surface area (Å²) in [5.74, 6) is -0.481. The first-order valence-electron chi connectivity index (χ1n) is 8.36. The van der Waals surface area contributed by atoms with Gasteiger partial charge in [0.2, 0.25) is 0 Å². The molecule has 132 valence electrons. The number of nitrogens with zero attached hydrogens (tertiary/aromatic N) is 3. The number of carbonyl (C=O) groups excluding carboxylic acids is 2. The maximum atomic E-state index is 12.5. The van der Waals surface area contributed by atoms with Gasteiger partial charge >= 0.3 is 12.0 Å². The standard InChI is InChI=1S/C18H22N4O3/c1-25-17(23)15-6-4-9-21(12-15)18(24)20-11-14-5-2-3-7-16(14)22-10-8-19-13-22/h2-3,5,7-8,10,13,15H,4,6,9,11-12H2,1H3,(H,20,24). The number of esters is 1. The van der Waals surface area contributed by atoms with Crippen molar-refractivity contribution in [3.8, 4) is 5.69 Å². The van der Waals surface area contributed by atoms with E-state index in [2.05, 4.69) is 10.3 Å². The predicted molar refractivity (Wildman–Crippen MR) is 92.1 cm³/mol. The lowest BCUT2D eigenvalue weighted by Crippen LogP contribution is -2.47. The number of urea groups is 1. The zero-order valence-electron chi connectivity index (χ0n) is 14.2. The molecule has 1 aromatic carbocycles. The number of likely N-dealkylation sites (tertiary alicyclic amines) is 1. The minimum atomic E-state index is -0.247. The Bertz CT molecular complexity index is 730. The number of nitrogens with one attached hydrogen (secondary N) is 1. The molecule has 2 aromatic rings. The van der Waals surface area contributed by atoms with Crippen LogP contribution >= 0.6 is 0 Å². The van der Waals surface area contributed by atoms with Gasteiger partial charge in [0.25, 0.3) is 0 Å². The monoisotopic (exact) mass is 342 g/mol. The smallest absolute Gasteiger partial charge is 0.317 e. The number of para-hydroxylation sites is 1. The average molecular weight is 342 g/mol. The molecule has 1 aliphatic heterocycles. The summed E-state index contributed by atoms with van der Waals surface area (Å²) in [6, 6.07) is 7.69. The highest BCUT2D eigenvalue weighted by Gasteiger charge is 2.28. The number of rotatable bonds is 4. The summed E-state index contributed by atoms with van der Waals surface area (Å²) in [4.78, 5) is 29.9. The van der Waals surface area contributed by atoms with Crippen molar-refractivity contribution in [1.82, 2.24) is 19.8 Å². The van der Waals surface area contributed by atoms with Crippen molar-refractivity contribution in [3.63, 3.8) is 0 Å². The fraction of sp³-hybridized carbons (Fsp3) is 0.389. The molecule has 1 aromatic heterocycles. The van der Waals surface area contributed by atoms with Gasteiger partial charge in [-0.3, -0.25) is 4.79 Å². The molecule has 1 saturated heterocycles. The Kier molecular flexibility index (Phi) is 5.33. The van der Waals surface area contributed by atoms with Gasteiger partial charge in [-0.2, -0.15) is 0 Å². The van der Waals surface area contributed by atoms with E-state index < -0.39 is 0 Å². The molecule has 25 heavy (non-hydrogen) atoms. The molecule has 1 aliphatic rings. The zero-order valence-corrected chi connectivity index (χ0v) is 14.2. The molecule has 1 N–H and O–H groups in total. The maximum Gasteiger partial charge on any atom is 0.317 e. The quantitative estimate of drug-likeness (QED) is 0.862. The Morgan fingerprint density at radius 1 is 1.36 bits per heavy atom. The first-order chi connectivity index (χ1) is 12.2. The summed E-state index contributed by atoms with van der Waals surface area (Å²) in [5, 5.41) is 2.95. The highest BCUT2D eigenvalue weighted by atomic mass is 16.5. The van der Waals surface area contributed by atoms with E-state index in [0.29, 0.717) is 19.6 Å². The Morgan fingerprint density at radius 3 is 2.96 bits per heavy atom. The van der Waals surface area contributed by atoms with Crippen LogP contribution in [-0.4, -0.2) is 46.7 Å². The highest BCUT2D eigenvalue weighted by Crippen LogP contribution is 2.18. The third-order valence-corrected chi connectivity index (χ3v) is 4.45. The SMILES string of the molecule is COC(=O)C1CCCN(C(=O)NCc2ccccc2-n2ccnc2)C1. The number of hydrogen-bond acceptors (Lipinski definition) is 4. The van der Waals surface area contributed by atoms with E-state index in [-0.39, 0.29) is 17.9 Å². The van der Waals surface area contributed by atoms with E-state index >= 15 is 0 Å². The molecule has 7 nitrogen and oxygen atoms in total. The van der Waals surface area contributed by atoms with Crippen molar-refractivity contribution >= 4 is 12.0 Å². The summed E-state index contributed by atoms with van der Waals surface area (Å²) in [5.41, 5.74) is 1.97. The molecule has 0 bridgehead atoms. The number of hydrogen-bond donors (Lipinski definition) is 1. The zero-order chi connectivity index (χ0) is 17.6. The van der Waals surface area contributed by atoms with Crippen LogP contribution in [-0.2, 0) is 16.1 Å². The third kappa shape index (κ3) is 3.99. The van der Waals surface area contributed by atoms with E-state index in [4.69, 9.17) is 4.74 Å². The number of imidazole rings is 1. The maximum absolute atomic E-state index is 12.5. The van der Waals surface area contributed by atoms with Crippen LogP contribution in [0.2, 0.25) is 0 Å². The minimum Gasteiger partial charge on any atom is -0.469 e. The largest absolute Gasteiger partial charge is 0.469 e. The molecule has 0 spiro atoms. The average Bonchev–Trinajstić information content (AvgIpc) is 3.20. The first-order valence-corrected chi connectivity index (χ1v) is 8.36. The molecule has 0 aliphatic carbocycles. The molecule has 0 saturated carbocycles. The van der Waals surface area contributed by atoms with Crippen LogP contribution < -0.4 is 5.32 Å². The molecule has 2 heterocycles. The molecule has 7 heteroatoms. The lowest BCUT2D eigenvalue weighted by atomic mass is 9.98. The second-order valence-electron chi connectivity index (χ2n) is 6.07. The Hall–Kier alpha value is -2.83. The minimum absolute atomic E-state index is 0.158. The van der Waals surface area contributed by atoms with Gasteiger partial charge in [-0.15, -0.1) is 0 Å². The molecule has 1 fully saturated rings. The van der Waals surface area contributed by atoms with Crippen LogP contribution in [0.15, 0.2) is 43.0 Å². The van der Waals surface area contributed by atoms with E-state index in [1.807, 2.05) is 35.0 Å². The van der Waals surface area contributed by atoms with Crippen LogP contribution in [0.3, 0.4) is 0 Å². The number of ether oxygens (including phenoxy) is 1. The Balaban J connectivity index is 1.62. The van der Waals surface area contributed by atoms with Gasteiger partial charge in [-0.25, -0.2) is 9.78 Å². The summed E-state index contributed by atoms with van der Waals surface area (Å²) in [6.45, 7) is 1.47. The van der Waals surface area contributed by atoms with E-state index in [1.54, 1.807) is 17.4 Å². The Morgan fingerprint density at radius 2 is 2.20 bits per heavy atom. The van der Waals surface area contributed by atoms with E-state index in [0.717, 1.165) is 24.1 Å². The number of aromatic nitrogens is 2. The summed E-state index contributed by atoms with van der Waals surface area (Å²) in [7, 11) is 1.38. The lowest BCUT2D eigenvalue weighted by Gasteiger charge is -2.31. The summed E-state index contributed by atoms with van der Waals surface area (Å²) in [6.07, 6.45) is 6.88. The topological polar surface area (TPSA) is 76.5 Å². The van der Waals surface area contributed by atoms with E-state index in [9.17, 15) is 9.59 Å². The number of piperidine rings is 1. The van der Waals surface area contributed by atoms with Gasteiger partial charge < -0.3 is 19.5 Å². The van der Waals surface area contributed by atoms with Crippen LogP contribution in [0.5, 0.6) is 0 Å². The third-order valence-electron chi connectivity index (χ3n) is 4.45. The number of methoxy groups -OCH3 is 1. The van der Waals surface area contributed by atoms with Crippen molar-refractivity contribution in [1.29, 1.82) is 0 Å². The van der Waals surface area contributed by atoms with Crippen LogP contribution in [0.25, 0.3) is 5.69 Å². The second-order valence-corrected chi connectivity index (χ2v) is 6.07. The fourth-order valence-corrected chi connectivity index (χ4v) is 3.12. The van der Waals surface area contributed by atoms with Crippen molar-refractivity contribution in [2.24, 2.45) is 5.92 Å². The molecule has 3 rings (SSSR count). The molecule has 1 atom stereocenters. The van der Waals surface area contributed by atoms with Gasteiger partial charge in [0.15, 0.2) is 0 Å². The van der Waals surface area contributed by atoms with Crippen molar-refractivity contribution in [2.75, 3.05) is 20.2 Å². The normalized spacial score (nSPS) is 17.2. The first kappa shape index (κ1) is 17.0. The molecule has 0 radical (unpaired) electrons. The molecular weight excluding hydrogens is 320 g/mol. The molecule has 1 unspecified atom stereocenters. The molecule has 2 amide bonds. The number of benzene rings is 1. The number of carbonyl (C=O) groups is 2. The van der Waals surface area contributed by atoms with E-state index in [1.165, 1.54) is 7.11 Å². The van der Waals surface area contributed by atoms with Gasteiger partial charge in [0.1, 0.15) is 0 Å². The van der Waals surface area contributed by atoms with Crippen LogP contribution in [0.4, 0.5) is 4.79 Å². The second kappa shape index (κ2) is 7.83. The van der Waals surface area contributed by atoms with Gasteiger partial charge in [-0.1, -0.05) is 18.2 Å². The molecular formula is C18H22N4O3. The predicted octanol–water partition coefficient (Wildman–Crippen LogP) is 1.97. The summed E-state index contributed by atoms with van der Waals surface area (Å²) < 4.78 is 6.71. The Labute approximate surface area is 146 Å². The van der Waals surface area contributed by atoms with Crippen LogP contribution in [0.1, 0.15) is 18.4 Å². The summed E-state index contributed by atoms with van der Waals surface area (Å²) >= 11 is 0. The number of amides is 2. The van der Waals surface area contributed by atoms with Gasteiger partial charge in [0, 0.05) is 32.0 Å². The van der Waals surface area contributed by atoms with Gasteiger partial charge in [0.05, 0.1) is 25.0 Å².